The predicted molar refractivity (Wildman–Crippen MR) is 55.9 cm³/mol. The lowest BCUT2D eigenvalue weighted by Gasteiger charge is -2.05. The molecular weight excluding hydrogens is 213 g/mol. The molecule has 1 N–H and O–H groups in total. The van der Waals surface area contributed by atoms with Gasteiger partial charge in [-0.05, 0) is 18.2 Å². The molecule has 0 spiro atoms. The average Bonchev–Trinajstić information content (AvgIpc) is 2.28. The van der Waals surface area contributed by atoms with Crippen LogP contribution in [-0.4, -0.2) is 18.1 Å². The van der Waals surface area contributed by atoms with Gasteiger partial charge in [0.15, 0.2) is 0 Å². The third-order valence-electron chi connectivity index (χ3n) is 2.24. The number of carbonyl (C=O) groups is 1. The van der Waals surface area contributed by atoms with Crippen molar-refractivity contribution in [2.24, 2.45) is 0 Å². The maximum Gasteiger partial charge on any atom is 0.341 e. The molecule has 0 radical (unpaired) electrons. The predicted octanol–water partition coefficient (Wildman–Crippen LogP) is 1.45. The van der Waals surface area contributed by atoms with E-state index in [1.54, 1.807) is 0 Å². The normalized spacial score (nSPS) is 10.4. The van der Waals surface area contributed by atoms with Crippen molar-refractivity contribution in [3.8, 4) is 0 Å². The number of rotatable bonds is 1. The molecule has 1 aromatic carbocycles. The highest BCUT2D eigenvalue weighted by atomic mass is 19.1. The van der Waals surface area contributed by atoms with Gasteiger partial charge >= 0.3 is 5.97 Å². The van der Waals surface area contributed by atoms with Crippen LogP contribution in [0.2, 0.25) is 0 Å². The van der Waals surface area contributed by atoms with Crippen LogP contribution in [0.3, 0.4) is 0 Å². The van der Waals surface area contributed by atoms with E-state index in [1.165, 1.54) is 25.3 Å². The average molecular weight is 221 g/mol. The van der Waals surface area contributed by atoms with Crippen LogP contribution in [0, 0.1) is 5.82 Å². The fraction of sp³-hybridized carbons (Fsp3) is 0.0909. The molecule has 0 unspecified atom stereocenters. The number of benzene rings is 1. The Hall–Kier alpha value is -2.17. The summed E-state index contributed by atoms with van der Waals surface area (Å²) < 4.78 is 17.9. The molecule has 1 heterocycles. The fourth-order valence-electron chi connectivity index (χ4n) is 1.52. The van der Waals surface area contributed by atoms with Gasteiger partial charge in [0.25, 0.3) is 0 Å². The van der Waals surface area contributed by atoms with Crippen LogP contribution >= 0.6 is 0 Å². The zero-order valence-electron chi connectivity index (χ0n) is 8.41. The lowest BCUT2D eigenvalue weighted by Crippen LogP contribution is -2.09. The minimum absolute atomic E-state index is 0.170. The Balaban J connectivity index is 2.84. The smallest absolute Gasteiger partial charge is 0.341 e. The van der Waals surface area contributed by atoms with Crippen molar-refractivity contribution in [2.75, 3.05) is 7.11 Å². The number of esters is 1. The van der Waals surface area contributed by atoms with Gasteiger partial charge in [-0.3, -0.25) is 4.79 Å². The van der Waals surface area contributed by atoms with Crippen molar-refractivity contribution < 1.29 is 13.9 Å². The summed E-state index contributed by atoms with van der Waals surface area (Å²) in [5, 5.41) is 0.325. The molecule has 0 bridgehead atoms. The van der Waals surface area contributed by atoms with Gasteiger partial charge in [-0.2, -0.15) is 0 Å². The van der Waals surface area contributed by atoms with Crippen LogP contribution < -0.4 is 5.56 Å². The van der Waals surface area contributed by atoms with Gasteiger partial charge in [-0.1, -0.05) is 0 Å². The number of ether oxygens (including phenoxy) is 1. The van der Waals surface area contributed by atoms with E-state index in [9.17, 15) is 14.0 Å². The molecule has 0 atom stereocenters. The summed E-state index contributed by atoms with van der Waals surface area (Å²) in [7, 11) is 1.17. The molecule has 5 heteroatoms. The van der Waals surface area contributed by atoms with Gasteiger partial charge in [0.2, 0.25) is 5.56 Å². The molecule has 4 nitrogen and oxygen atoms in total. The number of pyridine rings is 1. The molecule has 0 aliphatic carbocycles. The van der Waals surface area contributed by atoms with E-state index in [1.807, 2.05) is 0 Å². The van der Waals surface area contributed by atoms with E-state index in [2.05, 4.69) is 9.72 Å². The summed E-state index contributed by atoms with van der Waals surface area (Å²) in [6.07, 6.45) is 0. The summed E-state index contributed by atoms with van der Waals surface area (Å²) in [5.74, 6) is -1.44. The molecule has 0 fully saturated rings. The highest BCUT2D eigenvalue weighted by Crippen LogP contribution is 2.19. The monoisotopic (exact) mass is 221 g/mol. The SMILES string of the molecule is COC(=O)c1c(F)ccc2[nH]c(=O)ccc12. The summed E-state index contributed by atoms with van der Waals surface area (Å²) in [4.78, 5) is 24.9. The van der Waals surface area contributed by atoms with Crippen molar-refractivity contribution in [1.29, 1.82) is 0 Å². The van der Waals surface area contributed by atoms with E-state index in [0.29, 0.717) is 10.9 Å². The topological polar surface area (TPSA) is 59.2 Å². The Morgan fingerprint density at radius 2 is 2.06 bits per heavy atom. The quantitative estimate of drug-likeness (QED) is 0.741. The van der Waals surface area contributed by atoms with Crippen molar-refractivity contribution in [3.63, 3.8) is 0 Å². The number of carbonyl (C=O) groups excluding carboxylic acids is 1. The maximum absolute atomic E-state index is 13.5. The number of fused-ring (bicyclic) bond motifs is 1. The Bertz CT molecular complexity index is 618. The Morgan fingerprint density at radius 1 is 1.31 bits per heavy atom. The number of H-pyrrole nitrogens is 1. The van der Waals surface area contributed by atoms with Crippen LogP contribution in [0.25, 0.3) is 10.9 Å². The van der Waals surface area contributed by atoms with Gasteiger partial charge in [0.05, 0.1) is 7.11 Å². The molecule has 0 saturated carbocycles. The molecule has 0 saturated heterocycles. The van der Waals surface area contributed by atoms with Crippen molar-refractivity contribution in [2.45, 2.75) is 0 Å². The summed E-state index contributed by atoms with van der Waals surface area (Å²) >= 11 is 0. The molecule has 2 rings (SSSR count). The first-order chi connectivity index (χ1) is 7.63. The van der Waals surface area contributed by atoms with Crippen LogP contribution in [0.5, 0.6) is 0 Å². The molecular formula is C11H8FNO3. The minimum atomic E-state index is -0.768. The Labute approximate surface area is 89.7 Å². The molecule has 0 aliphatic heterocycles. The van der Waals surface area contributed by atoms with Gasteiger partial charge < -0.3 is 9.72 Å². The van der Waals surface area contributed by atoms with Crippen LogP contribution in [0.4, 0.5) is 4.39 Å². The highest BCUT2D eigenvalue weighted by molar-refractivity contribution is 6.03. The highest BCUT2D eigenvalue weighted by Gasteiger charge is 2.16. The number of nitrogens with one attached hydrogen (secondary N) is 1. The van der Waals surface area contributed by atoms with Crippen LogP contribution in [0.15, 0.2) is 29.1 Å². The first kappa shape index (κ1) is 10.4. The zero-order chi connectivity index (χ0) is 11.7. The van der Waals surface area contributed by atoms with E-state index in [0.717, 1.165) is 6.07 Å². The molecule has 16 heavy (non-hydrogen) atoms. The van der Waals surface area contributed by atoms with Crippen LogP contribution in [0.1, 0.15) is 10.4 Å². The van der Waals surface area contributed by atoms with Gasteiger partial charge in [-0.25, -0.2) is 9.18 Å². The standard InChI is InChI=1S/C11H8FNO3/c1-16-11(15)10-6-2-5-9(14)13-8(6)4-3-7(10)12/h2-5H,1H3,(H,13,14). The number of aromatic amines is 1. The van der Waals surface area contributed by atoms with E-state index < -0.39 is 11.8 Å². The second kappa shape index (κ2) is 3.77. The first-order valence-electron chi connectivity index (χ1n) is 4.53. The zero-order valence-corrected chi connectivity index (χ0v) is 8.41. The minimum Gasteiger partial charge on any atom is -0.465 e. The molecule has 1 aromatic heterocycles. The van der Waals surface area contributed by atoms with E-state index in [4.69, 9.17) is 0 Å². The Kier molecular flexibility index (Phi) is 2.44. The number of halogens is 1. The first-order valence-corrected chi connectivity index (χ1v) is 4.53. The molecule has 0 amide bonds. The summed E-state index contributed by atoms with van der Waals surface area (Å²) in [6, 6.07) is 5.14. The number of aromatic nitrogens is 1. The summed E-state index contributed by atoms with van der Waals surface area (Å²) in [6.45, 7) is 0. The maximum atomic E-state index is 13.5. The third kappa shape index (κ3) is 1.56. The largest absolute Gasteiger partial charge is 0.465 e. The lowest BCUT2D eigenvalue weighted by atomic mass is 10.1. The second-order valence-corrected chi connectivity index (χ2v) is 3.20. The van der Waals surface area contributed by atoms with Crippen molar-refractivity contribution in [3.05, 3.63) is 46.0 Å². The van der Waals surface area contributed by atoms with Gasteiger partial charge in [0, 0.05) is 17.0 Å². The van der Waals surface area contributed by atoms with Crippen molar-refractivity contribution in [1.82, 2.24) is 4.98 Å². The molecule has 0 aliphatic rings. The summed E-state index contributed by atoms with van der Waals surface area (Å²) in [5.41, 5.74) is -0.0829. The van der Waals surface area contributed by atoms with Gasteiger partial charge in [-0.15, -0.1) is 0 Å². The number of methoxy groups -OCH3 is 1. The van der Waals surface area contributed by atoms with E-state index >= 15 is 0 Å². The molecule has 82 valence electrons. The third-order valence-corrected chi connectivity index (χ3v) is 2.24. The second-order valence-electron chi connectivity index (χ2n) is 3.20. The molecule has 2 aromatic rings. The van der Waals surface area contributed by atoms with Gasteiger partial charge in [0.1, 0.15) is 11.4 Å². The van der Waals surface area contributed by atoms with E-state index in [-0.39, 0.29) is 11.1 Å². The number of hydrogen-bond donors (Lipinski definition) is 1. The van der Waals surface area contributed by atoms with Crippen LogP contribution in [-0.2, 0) is 4.74 Å². The van der Waals surface area contributed by atoms with Crippen molar-refractivity contribution >= 4 is 16.9 Å². The number of hydrogen-bond acceptors (Lipinski definition) is 3. The fourth-order valence-corrected chi connectivity index (χ4v) is 1.52. The lowest BCUT2D eigenvalue weighted by molar-refractivity contribution is 0.0598. The Morgan fingerprint density at radius 3 is 2.75 bits per heavy atom.